The number of carbonyl (C=O) groups excluding carboxylic acids is 2. The molecular weight excluding hydrogens is 533 g/mol. The summed E-state index contributed by atoms with van der Waals surface area (Å²) in [6.07, 6.45) is -1.68. The second-order valence-electron chi connectivity index (χ2n) is 10.7. The summed E-state index contributed by atoms with van der Waals surface area (Å²) in [5.41, 5.74) is 4.96. The molecule has 0 saturated carbocycles. The molecule has 0 saturated heterocycles. The SMILES string of the molecule is CNC(=O)C[C@H](O)C[C@H](O)CCn1c(-c2ccc(F)cc2)c(-c2ccccc2)c(C(=O)Nc2ccccc2)c1C(C)C. The van der Waals surface area contributed by atoms with Crippen molar-refractivity contribution in [2.24, 2.45) is 0 Å². The molecule has 2 amide bonds. The van der Waals surface area contributed by atoms with E-state index in [1.54, 1.807) is 12.1 Å². The summed E-state index contributed by atoms with van der Waals surface area (Å²) in [4.78, 5) is 25.8. The number of hydrogen-bond acceptors (Lipinski definition) is 4. The van der Waals surface area contributed by atoms with Crippen molar-refractivity contribution in [1.29, 1.82) is 0 Å². The number of nitrogens with one attached hydrogen (secondary N) is 2. The molecule has 2 atom stereocenters. The minimum Gasteiger partial charge on any atom is -0.393 e. The molecule has 0 aliphatic rings. The molecule has 4 aromatic rings. The zero-order chi connectivity index (χ0) is 30.2. The molecule has 220 valence electrons. The fourth-order valence-corrected chi connectivity index (χ4v) is 5.32. The molecule has 0 aliphatic heterocycles. The van der Waals surface area contributed by atoms with E-state index in [1.165, 1.54) is 19.2 Å². The van der Waals surface area contributed by atoms with Crippen LogP contribution in [-0.4, -0.2) is 45.9 Å². The van der Waals surface area contributed by atoms with Gasteiger partial charge in [0.2, 0.25) is 5.91 Å². The Kier molecular flexibility index (Phi) is 10.3. The van der Waals surface area contributed by atoms with Crippen LogP contribution < -0.4 is 10.6 Å². The highest BCUT2D eigenvalue weighted by molar-refractivity contribution is 6.12. The number of carbonyl (C=O) groups is 2. The number of rotatable bonds is 12. The fraction of sp³-hybridized carbons (Fsp3) is 0.294. The second-order valence-corrected chi connectivity index (χ2v) is 10.7. The number of aliphatic hydroxyl groups is 2. The van der Waals surface area contributed by atoms with Crippen molar-refractivity contribution >= 4 is 17.5 Å². The van der Waals surface area contributed by atoms with Gasteiger partial charge in [-0.3, -0.25) is 9.59 Å². The number of amides is 2. The number of aromatic nitrogens is 1. The van der Waals surface area contributed by atoms with E-state index in [0.717, 1.165) is 22.5 Å². The van der Waals surface area contributed by atoms with E-state index in [0.29, 0.717) is 23.4 Å². The van der Waals surface area contributed by atoms with Crippen molar-refractivity contribution in [2.45, 2.75) is 57.8 Å². The van der Waals surface area contributed by atoms with Crippen molar-refractivity contribution in [2.75, 3.05) is 12.4 Å². The van der Waals surface area contributed by atoms with Crippen molar-refractivity contribution in [3.63, 3.8) is 0 Å². The third-order valence-electron chi connectivity index (χ3n) is 7.22. The Morgan fingerprint density at radius 3 is 2.07 bits per heavy atom. The molecule has 1 aromatic heterocycles. The van der Waals surface area contributed by atoms with Gasteiger partial charge in [0.1, 0.15) is 5.82 Å². The molecule has 1 heterocycles. The lowest BCUT2D eigenvalue weighted by Gasteiger charge is -2.20. The fourth-order valence-electron chi connectivity index (χ4n) is 5.32. The predicted octanol–water partition coefficient (Wildman–Crippen LogP) is 5.98. The summed E-state index contributed by atoms with van der Waals surface area (Å²) in [6.45, 7) is 4.35. The molecule has 0 spiro atoms. The van der Waals surface area contributed by atoms with E-state index >= 15 is 0 Å². The van der Waals surface area contributed by atoms with Gasteiger partial charge in [0.25, 0.3) is 5.91 Å². The normalized spacial score (nSPS) is 12.6. The van der Waals surface area contributed by atoms with Crippen LogP contribution in [-0.2, 0) is 11.3 Å². The predicted molar refractivity (Wildman–Crippen MR) is 164 cm³/mol. The molecule has 42 heavy (non-hydrogen) atoms. The van der Waals surface area contributed by atoms with Crippen LogP contribution in [0.4, 0.5) is 10.1 Å². The molecule has 0 fully saturated rings. The maximum Gasteiger partial charge on any atom is 0.258 e. The monoisotopic (exact) mass is 571 g/mol. The summed E-state index contributed by atoms with van der Waals surface area (Å²) in [5.74, 6) is -1.03. The molecule has 4 rings (SSSR count). The summed E-state index contributed by atoms with van der Waals surface area (Å²) in [6, 6.07) is 25.0. The Balaban J connectivity index is 1.86. The number of hydrogen-bond donors (Lipinski definition) is 4. The first kappa shape index (κ1) is 30.7. The highest BCUT2D eigenvalue weighted by Gasteiger charge is 2.31. The van der Waals surface area contributed by atoms with Gasteiger partial charge in [-0.05, 0) is 66.3 Å². The number of nitrogens with zero attached hydrogens (tertiary/aromatic N) is 1. The van der Waals surface area contributed by atoms with Gasteiger partial charge in [0, 0.05) is 30.5 Å². The Hall–Kier alpha value is -4.27. The average Bonchev–Trinajstić information content (AvgIpc) is 3.33. The van der Waals surface area contributed by atoms with Crippen LogP contribution in [0.2, 0.25) is 0 Å². The van der Waals surface area contributed by atoms with Crippen molar-refractivity contribution in [3.05, 3.63) is 102 Å². The number of para-hydroxylation sites is 1. The van der Waals surface area contributed by atoms with Crippen molar-refractivity contribution in [1.82, 2.24) is 9.88 Å². The van der Waals surface area contributed by atoms with Crippen LogP contribution in [0.5, 0.6) is 0 Å². The molecule has 0 radical (unpaired) electrons. The van der Waals surface area contributed by atoms with Crippen LogP contribution in [0.1, 0.15) is 55.1 Å². The first-order chi connectivity index (χ1) is 20.2. The summed E-state index contributed by atoms with van der Waals surface area (Å²) >= 11 is 0. The topological polar surface area (TPSA) is 104 Å². The zero-order valence-electron chi connectivity index (χ0n) is 24.2. The molecule has 0 bridgehead atoms. The molecule has 0 aliphatic carbocycles. The van der Waals surface area contributed by atoms with Crippen LogP contribution in [0.3, 0.4) is 0 Å². The van der Waals surface area contributed by atoms with E-state index in [4.69, 9.17) is 0 Å². The van der Waals surface area contributed by atoms with Crippen molar-refractivity contribution in [3.8, 4) is 22.4 Å². The quantitative estimate of drug-likeness (QED) is 0.168. The maximum absolute atomic E-state index is 14.1. The van der Waals surface area contributed by atoms with Gasteiger partial charge in [-0.2, -0.15) is 0 Å². The first-order valence-electron chi connectivity index (χ1n) is 14.2. The lowest BCUT2D eigenvalue weighted by Crippen LogP contribution is -2.27. The smallest absolute Gasteiger partial charge is 0.258 e. The number of aliphatic hydroxyl groups excluding tert-OH is 2. The standard InChI is InChI=1S/C34H38FN3O4/c1-22(2)32-31(34(42)37-26-12-8-5-9-13-26)30(23-10-6-4-7-11-23)33(24-14-16-25(35)17-15-24)38(32)19-18-27(39)20-28(40)21-29(41)36-3/h4-17,22,27-28,39-40H,18-21H2,1-3H3,(H,36,41)(H,37,42)/t27-,28-/m1/s1. The second kappa shape index (κ2) is 14.1. The minimum absolute atomic E-state index is 0.0322. The van der Waals surface area contributed by atoms with Crippen molar-refractivity contribution < 1.29 is 24.2 Å². The van der Waals surface area contributed by atoms with Gasteiger partial charge in [0.15, 0.2) is 0 Å². The van der Waals surface area contributed by atoms with Crippen LogP contribution in [0.25, 0.3) is 22.4 Å². The number of benzene rings is 3. The Morgan fingerprint density at radius 1 is 0.857 bits per heavy atom. The third-order valence-corrected chi connectivity index (χ3v) is 7.22. The van der Waals surface area contributed by atoms with E-state index in [9.17, 15) is 24.2 Å². The first-order valence-corrected chi connectivity index (χ1v) is 14.2. The molecule has 0 unspecified atom stereocenters. The largest absolute Gasteiger partial charge is 0.393 e. The Labute approximate surface area is 246 Å². The van der Waals surface area contributed by atoms with Gasteiger partial charge in [0.05, 0.1) is 29.9 Å². The lowest BCUT2D eigenvalue weighted by molar-refractivity contribution is -0.122. The summed E-state index contributed by atoms with van der Waals surface area (Å²) < 4.78 is 16.1. The molecular formula is C34H38FN3O4. The van der Waals surface area contributed by atoms with Gasteiger partial charge in [-0.1, -0.05) is 62.4 Å². The van der Waals surface area contributed by atoms with Gasteiger partial charge < -0.3 is 25.4 Å². The molecule has 3 aromatic carbocycles. The minimum atomic E-state index is -0.988. The van der Waals surface area contributed by atoms with Crippen LogP contribution >= 0.6 is 0 Å². The summed E-state index contributed by atoms with van der Waals surface area (Å²) in [5, 5.41) is 26.7. The Bertz CT molecular complexity index is 1480. The third kappa shape index (κ3) is 7.32. The summed E-state index contributed by atoms with van der Waals surface area (Å²) in [7, 11) is 1.50. The maximum atomic E-state index is 14.1. The zero-order valence-corrected chi connectivity index (χ0v) is 24.2. The molecule has 4 N–H and O–H groups in total. The molecule has 8 heteroatoms. The van der Waals surface area contributed by atoms with E-state index < -0.39 is 12.2 Å². The average molecular weight is 572 g/mol. The van der Waals surface area contributed by atoms with Crippen LogP contribution in [0, 0.1) is 5.82 Å². The van der Waals surface area contributed by atoms with Gasteiger partial charge >= 0.3 is 0 Å². The lowest BCUT2D eigenvalue weighted by atomic mass is 9.94. The number of anilines is 1. The molecule has 7 nitrogen and oxygen atoms in total. The van der Waals surface area contributed by atoms with Crippen LogP contribution in [0.15, 0.2) is 84.9 Å². The Morgan fingerprint density at radius 2 is 1.48 bits per heavy atom. The highest BCUT2D eigenvalue weighted by atomic mass is 19.1. The van der Waals surface area contributed by atoms with E-state index in [1.807, 2.05) is 79.1 Å². The number of halogens is 1. The van der Waals surface area contributed by atoms with E-state index in [-0.39, 0.29) is 42.8 Å². The van der Waals surface area contributed by atoms with Gasteiger partial charge in [-0.25, -0.2) is 4.39 Å². The van der Waals surface area contributed by atoms with Gasteiger partial charge in [-0.15, -0.1) is 0 Å². The van der Waals surface area contributed by atoms with E-state index in [2.05, 4.69) is 10.6 Å². The highest BCUT2D eigenvalue weighted by Crippen LogP contribution is 2.42.